The number of carbonyl (C=O) groups is 1. The first-order valence-electron chi connectivity index (χ1n) is 8.26. The van der Waals surface area contributed by atoms with E-state index in [9.17, 15) is 9.18 Å². The summed E-state index contributed by atoms with van der Waals surface area (Å²) in [5, 5.41) is 6.79. The number of rotatable bonds is 5. The lowest BCUT2D eigenvalue weighted by atomic mass is 9.99. The summed E-state index contributed by atoms with van der Waals surface area (Å²) in [6, 6.07) is 8.31. The molecule has 0 spiro atoms. The second-order valence-corrected chi connectivity index (χ2v) is 6.26. The number of hydrogen-bond acceptors (Lipinski definition) is 3. The Kier molecular flexibility index (Phi) is 5.25. The van der Waals surface area contributed by atoms with Crippen molar-refractivity contribution in [2.24, 2.45) is 5.92 Å². The summed E-state index contributed by atoms with van der Waals surface area (Å²) in [6.07, 6.45) is 1.84. The van der Waals surface area contributed by atoms with E-state index < -0.39 is 0 Å². The molecule has 2 aromatic rings. The fourth-order valence-electron chi connectivity index (χ4n) is 2.99. The molecule has 1 aromatic heterocycles. The quantitative estimate of drug-likeness (QED) is 0.916. The molecule has 0 unspecified atom stereocenters. The van der Waals surface area contributed by atoms with Crippen LogP contribution < -0.4 is 0 Å². The zero-order valence-electron chi connectivity index (χ0n) is 13.8. The van der Waals surface area contributed by atoms with Gasteiger partial charge in [-0.05, 0) is 37.8 Å². The summed E-state index contributed by atoms with van der Waals surface area (Å²) >= 11 is 0. The van der Waals surface area contributed by atoms with Crippen molar-refractivity contribution in [2.45, 2.75) is 26.3 Å². The van der Waals surface area contributed by atoms with Crippen LogP contribution in [0.4, 0.5) is 4.39 Å². The Labute approximate surface area is 140 Å². The molecule has 1 fully saturated rings. The Morgan fingerprint density at radius 3 is 2.79 bits per heavy atom. The highest BCUT2D eigenvalue weighted by molar-refractivity contribution is 5.92. The van der Waals surface area contributed by atoms with E-state index in [1.807, 2.05) is 6.92 Å². The van der Waals surface area contributed by atoms with E-state index in [2.05, 4.69) is 10.2 Å². The Morgan fingerprint density at radius 2 is 2.12 bits per heavy atom. The summed E-state index contributed by atoms with van der Waals surface area (Å²) in [6.45, 7) is 4.10. The van der Waals surface area contributed by atoms with Crippen molar-refractivity contribution in [1.82, 2.24) is 15.1 Å². The maximum atomic E-state index is 14.0. The van der Waals surface area contributed by atoms with Gasteiger partial charge in [0.1, 0.15) is 11.5 Å². The van der Waals surface area contributed by atoms with Crippen LogP contribution in [0.1, 0.15) is 34.6 Å². The topological polar surface area (TPSA) is 58.2 Å². The number of nitrogens with one attached hydrogen (secondary N) is 1. The van der Waals surface area contributed by atoms with Crippen LogP contribution in [0.15, 0.2) is 30.3 Å². The summed E-state index contributed by atoms with van der Waals surface area (Å²) in [4.78, 5) is 14.6. The van der Waals surface area contributed by atoms with Crippen molar-refractivity contribution in [1.29, 1.82) is 0 Å². The zero-order chi connectivity index (χ0) is 16.9. The maximum Gasteiger partial charge on any atom is 0.272 e. The molecule has 1 amide bonds. The average Bonchev–Trinajstić information content (AvgIpc) is 3.03. The maximum absolute atomic E-state index is 14.0. The number of ether oxygens (including phenoxy) is 1. The van der Waals surface area contributed by atoms with Gasteiger partial charge in [0, 0.05) is 31.9 Å². The van der Waals surface area contributed by atoms with E-state index in [1.165, 1.54) is 6.07 Å². The Balaban J connectivity index is 1.79. The van der Waals surface area contributed by atoms with E-state index in [4.69, 9.17) is 4.74 Å². The van der Waals surface area contributed by atoms with Gasteiger partial charge < -0.3 is 9.64 Å². The SMILES string of the molecule is Cc1cc(C(=O)N(Cc2ccccc2F)CC2CCOCC2)[nH]n1. The number of H-pyrrole nitrogens is 1. The number of amides is 1. The molecule has 0 radical (unpaired) electrons. The standard InChI is InChI=1S/C18H22FN3O2/c1-13-10-17(21-20-13)18(23)22(11-14-6-8-24-9-7-14)12-15-4-2-3-5-16(15)19/h2-5,10,14H,6-9,11-12H2,1H3,(H,20,21). The highest BCUT2D eigenvalue weighted by Crippen LogP contribution is 2.20. The van der Waals surface area contributed by atoms with Gasteiger partial charge in [-0.15, -0.1) is 0 Å². The van der Waals surface area contributed by atoms with Gasteiger partial charge in [0.05, 0.1) is 5.69 Å². The molecule has 1 saturated heterocycles. The predicted octanol–water partition coefficient (Wildman–Crippen LogP) is 2.93. The van der Waals surface area contributed by atoms with Gasteiger partial charge in [-0.3, -0.25) is 9.89 Å². The lowest BCUT2D eigenvalue weighted by Crippen LogP contribution is -2.37. The minimum atomic E-state index is -0.289. The van der Waals surface area contributed by atoms with Crippen molar-refractivity contribution >= 4 is 5.91 Å². The smallest absolute Gasteiger partial charge is 0.272 e. The van der Waals surface area contributed by atoms with Gasteiger partial charge >= 0.3 is 0 Å². The number of nitrogens with zero attached hydrogens (tertiary/aromatic N) is 2. The van der Waals surface area contributed by atoms with E-state index >= 15 is 0 Å². The molecule has 0 saturated carbocycles. The van der Waals surface area contributed by atoms with E-state index in [-0.39, 0.29) is 18.3 Å². The molecule has 2 heterocycles. The summed E-state index contributed by atoms with van der Waals surface area (Å²) in [7, 11) is 0. The number of aryl methyl sites for hydroxylation is 1. The van der Waals surface area contributed by atoms with Gasteiger partial charge in [0.2, 0.25) is 0 Å². The molecule has 128 valence electrons. The third-order valence-electron chi connectivity index (χ3n) is 4.36. The normalized spacial score (nSPS) is 15.4. The summed E-state index contributed by atoms with van der Waals surface area (Å²) in [5.74, 6) is -0.0631. The molecule has 0 atom stereocenters. The largest absolute Gasteiger partial charge is 0.381 e. The van der Waals surface area contributed by atoms with Crippen LogP contribution in [0.5, 0.6) is 0 Å². The third-order valence-corrected chi connectivity index (χ3v) is 4.36. The number of aromatic nitrogens is 2. The van der Waals surface area contributed by atoms with E-state index in [0.29, 0.717) is 23.7 Å². The van der Waals surface area contributed by atoms with Crippen molar-refractivity contribution in [3.05, 3.63) is 53.1 Å². The first kappa shape index (κ1) is 16.6. The first-order chi connectivity index (χ1) is 11.6. The Morgan fingerprint density at radius 1 is 1.38 bits per heavy atom. The van der Waals surface area contributed by atoms with E-state index in [1.54, 1.807) is 29.2 Å². The number of benzene rings is 1. The van der Waals surface area contributed by atoms with Crippen molar-refractivity contribution in [3.8, 4) is 0 Å². The summed E-state index contributed by atoms with van der Waals surface area (Å²) in [5.41, 5.74) is 1.72. The third kappa shape index (κ3) is 4.00. The van der Waals surface area contributed by atoms with Crippen LogP contribution in [-0.2, 0) is 11.3 Å². The molecular weight excluding hydrogens is 309 g/mol. The minimum absolute atomic E-state index is 0.148. The van der Waals surface area contributed by atoms with Gasteiger partial charge in [0.25, 0.3) is 5.91 Å². The fourth-order valence-corrected chi connectivity index (χ4v) is 2.99. The van der Waals surface area contributed by atoms with Gasteiger partial charge in [-0.1, -0.05) is 18.2 Å². The molecule has 1 N–H and O–H groups in total. The lowest BCUT2D eigenvalue weighted by molar-refractivity contribution is 0.0441. The molecule has 3 rings (SSSR count). The molecule has 1 aliphatic heterocycles. The van der Waals surface area contributed by atoms with E-state index in [0.717, 1.165) is 31.7 Å². The minimum Gasteiger partial charge on any atom is -0.381 e. The molecular formula is C18H22FN3O2. The highest BCUT2D eigenvalue weighted by atomic mass is 19.1. The molecule has 5 nitrogen and oxygen atoms in total. The summed E-state index contributed by atoms with van der Waals surface area (Å²) < 4.78 is 19.4. The van der Waals surface area contributed by atoms with Crippen molar-refractivity contribution < 1.29 is 13.9 Å². The molecule has 0 aliphatic carbocycles. The molecule has 1 aromatic carbocycles. The Hall–Kier alpha value is -2.21. The molecule has 0 bridgehead atoms. The second kappa shape index (κ2) is 7.57. The predicted molar refractivity (Wildman–Crippen MR) is 88.0 cm³/mol. The van der Waals surface area contributed by atoms with Crippen LogP contribution in [-0.4, -0.2) is 40.8 Å². The molecule has 6 heteroatoms. The monoisotopic (exact) mass is 331 g/mol. The molecule has 1 aliphatic rings. The van der Waals surface area contributed by atoms with Crippen LogP contribution in [0.3, 0.4) is 0 Å². The van der Waals surface area contributed by atoms with Gasteiger partial charge in [0.15, 0.2) is 0 Å². The van der Waals surface area contributed by atoms with Gasteiger partial charge in [-0.25, -0.2) is 4.39 Å². The van der Waals surface area contributed by atoms with Crippen molar-refractivity contribution in [2.75, 3.05) is 19.8 Å². The number of carbonyl (C=O) groups excluding carboxylic acids is 1. The Bertz CT molecular complexity index is 695. The number of hydrogen-bond donors (Lipinski definition) is 1. The fraction of sp³-hybridized carbons (Fsp3) is 0.444. The highest BCUT2D eigenvalue weighted by Gasteiger charge is 2.24. The molecule has 24 heavy (non-hydrogen) atoms. The van der Waals surface area contributed by atoms with Crippen LogP contribution in [0.25, 0.3) is 0 Å². The zero-order valence-corrected chi connectivity index (χ0v) is 13.8. The van der Waals surface area contributed by atoms with Crippen LogP contribution in [0, 0.1) is 18.7 Å². The van der Waals surface area contributed by atoms with Crippen LogP contribution >= 0.6 is 0 Å². The lowest BCUT2D eigenvalue weighted by Gasteiger charge is -2.29. The first-order valence-corrected chi connectivity index (χ1v) is 8.26. The number of aromatic amines is 1. The second-order valence-electron chi connectivity index (χ2n) is 6.26. The average molecular weight is 331 g/mol. The number of halogens is 1. The van der Waals surface area contributed by atoms with Gasteiger partial charge in [-0.2, -0.15) is 5.10 Å². The van der Waals surface area contributed by atoms with Crippen LogP contribution in [0.2, 0.25) is 0 Å². The van der Waals surface area contributed by atoms with Crippen molar-refractivity contribution in [3.63, 3.8) is 0 Å².